The third-order valence-corrected chi connectivity index (χ3v) is 6.39. The number of fused-ring (bicyclic) bond motifs is 3. The van der Waals surface area contributed by atoms with Gasteiger partial charge in [0.15, 0.2) is 0 Å². The quantitative estimate of drug-likeness (QED) is 0.515. The van der Waals surface area contributed by atoms with Crippen LogP contribution in [0.2, 0.25) is 0 Å². The first-order valence-electron chi connectivity index (χ1n) is 9.83. The van der Waals surface area contributed by atoms with E-state index in [-0.39, 0.29) is 10.8 Å². The van der Waals surface area contributed by atoms with Crippen LogP contribution in [0.5, 0.6) is 23.0 Å². The zero-order valence-electron chi connectivity index (χ0n) is 19.2. The number of methoxy groups -OCH3 is 2. The number of rotatable bonds is 3. The fraction of sp³-hybridized carbons (Fsp3) is 0.478. The van der Waals surface area contributed by atoms with Gasteiger partial charge in [-0.25, -0.2) is 4.57 Å². The van der Waals surface area contributed by atoms with Gasteiger partial charge in [-0.3, -0.25) is 4.52 Å². The second kappa shape index (κ2) is 7.51. The molecule has 0 N–H and O–H groups in total. The first kappa shape index (κ1) is 22.5. The predicted octanol–water partition coefficient (Wildman–Crippen LogP) is 6.49. The molecule has 0 bridgehead atoms. The summed E-state index contributed by atoms with van der Waals surface area (Å²) < 4.78 is 41.9. The van der Waals surface area contributed by atoms with Gasteiger partial charge in [0, 0.05) is 29.4 Å². The normalized spacial score (nSPS) is 15.2. The van der Waals surface area contributed by atoms with Crippen molar-refractivity contribution in [2.45, 2.75) is 52.4 Å². The van der Waals surface area contributed by atoms with Crippen molar-refractivity contribution in [2.24, 2.45) is 0 Å². The molecule has 2 aromatic carbocycles. The molecule has 1 aliphatic rings. The van der Waals surface area contributed by atoms with Gasteiger partial charge in [0.2, 0.25) is 0 Å². The van der Waals surface area contributed by atoms with Crippen molar-refractivity contribution in [1.82, 2.24) is 0 Å². The SMILES string of the molecule is COc1cc2c(c(C(C)(C)C)c1)OP(=O)(OC)Oc1c-2cc(OC)cc1C(C)(C)C. The van der Waals surface area contributed by atoms with E-state index in [2.05, 4.69) is 41.5 Å². The molecule has 0 amide bonds. The van der Waals surface area contributed by atoms with Gasteiger partial charge in [-0.1, -0.05) is 41.5 Å². The highest BCUT2D eigenvalue weighted by atomic mass is 31.2. The standard InChI is InChI=1S/C23H31O6P/c1-22(2,3)18-12-14(25-7)10-16-17-11-15(26-8)13-19(23(4,5)6)21(17)29-30(24,27-9)28-20(16)18/h10-13H,1-9H3. The Labute approximate surface area is 179 Å². The van der Waals surface area contributed by atoms with Crippen molar-refractivity contribution in [3.05, 3.63) is 35.4 Å². The zero-order chi connectivity index (χ0) is 22.5. The summed E-state index contributed by atoms with van der Waals surface area (Å²) in [6.45, 7) is 12.3. The van der Waals surface area contributed by atoms with Crippen LogP contribution in [0, 0.1) is 0 Å². The molecule has 0 aromatic heterocycles. The maximum absolute atomic E-state index is 13.5. The lowest BCUT2D eigenvalue weighted by Crippen LogP contribution is -2.15. The Balaban J connectivity index is 2.51. The number of phosphoric acid groups is 1. The minimum absolute atomic E-state index is 0.312. The second-order valence-electron chi connectivity index (χ2n) is 9.42. The van der Waals surface area contributed by atoms with Crippen LogP contribution in [0.1, 0.15) is 52.7 Å². The number of hydrogen-bond donors (Lipinski definition) is 0. The lowest BCUT2D eigenvalue weighted by atomic mass is 9.81. The van der Waals surface area contributed by atoms with Crippen molar-refractivity contribution in [2.75, 3.05) is 21.3 Å². The minimum atomic E-state index is -3.92. The average Bonchev–Trinajstić information content (AvgIpc) is 2.78. The first-order valence-corrected chi connectivity index (χ1v) is 11.3. The fourth-order valence-electron chi connectivity index (χ4n) is 3.47. The van der Waals surface area contributed by atoms with Crippen LogP contribution < -0.4 is 18.5 Å². The van der Waals surface area contributed by atoms with E-state index in [4.69, 9.17) is 23.0 Å². The van der Waals surface area contributed by atoms with E-state index in [9.17, 15) is 4.57 Å². The molecule has 0 aliphatic carbocycles. The highest BCUT2D eigenvalue weighted by molar-refractivity contribution is 7.49. The van der Waals surface area contributed by atoms with E-state index in [0.717, 1.165) is 11.1 Å². The molecular formula is C23H31O6P. The molecule has 0 unspecified atom stereocenters. The molecule has 0 radical (unpaired) electrons. The number of benzene rings is 2. The molecule has 2 aromatic rings. The fourth-order valence-corrected chi connectivity index (χ4v) is 4.50. The van der Waals surface area contributed by atoms with E-state index in [0.29, 0.717) is 34.1 Å². The summed E-state index contributed by atoms with van der Waals surface area (Å²) in [7, 11) is 0.642. The Bertz CT molecular complexity index is 936. The zero-order valence-corrected chi connectivity index (χ0v) is 20.1. The first-order chi connectivity index (χ1) is 13.8. The van der Waals surface area contributed by atoms with Gasteiger partial charge in [0.25, 0.3) is 0 Å². The van der Waals surface area contributed by atoms with Crippen molar-refractivity contribution in [1.29, 1.82) is 0 Å². The number of hydrogen-bond acceptors (Lipinski definition) is 6. The van der Waals surface area contributed by atoms with Gasteiger partial charge in [-0.05, 0) is 35.1 Å². The van der Waals surface area contributed by atoms with Crippen LogP contribution in [-0.4, -0.2) is 21.3 Å². The molecule has 30 heavy (non-hydrogen) atoms. The summed E-state index contributed by atoms with van der Waals surface area (Å²) in [6, 6.07) is 7.53. The van der Waals surface area contributed by atoms with Gasteiger partial charge < -0.3 is 18.5 Å². The van der Waals surface area contributed by atoms with E-state index >= 15 is 0 Å². The van der Waals surface area contributed by atoms with E-state index in [1.54, 1.807) is 14.2 Å². The lowest BCUT2D eigenvalue weighted by Gasteiger charge is -2.25. The van der Waals surface area contributed by atoms with Crippen LogP contribution in [0.15, 0.2) is 24.3 Å². The van der Waals surface area contributed by atoms with Gasteiger partial charge in [-0.15, -0.1) is 0 Å². The number of phosphoric ester groups is 1. The average molecular weight is 434 g/mol. The monoisotopic (exact) mass is 434 g/mol. The Hall–Kier alpha value is -2.17. The number of ether oxygens (including phenoxy) is 2. The summed E-state index contributed by atoms with van der Waals surface area (Å²) in [4.78, 5) is 0. The van der Waals surface area contributed by atoms with Crippen LogP contribution in [0.4, 0.5) is 0 Å². The molecule has 0 saturated carbocycles. The highest BCUT2D eigenvalue weighted by Crippen LogP contribution is 2.61. The molecule has 0 spiro atoms. The van der Waals surface area contributed by atoms with Gasteiger partial charge in [0.05, 0.1) is 14.2 Å². The maximum Gasteiger partial charge on any atom is 0.587 e. The Kier molecular flexibility index (Phi) is 5.63. The smallest absolute Gasteiger partial charge is 0.497 e. The van der Waals surface area contributed by atoms with Crippen LogP contribution in [-0.2, 0) is 19.9 Å². The largest absolute Gasteiger partial charge is 0.587 e. The van der Waals surface area contributed by atoms with Crippen molar-refractivity contribution in [3.8, 4) is 34.1 Å². The maximum atomic E-state index is 13.5. The van der Waals surface area contributed by atoms with Gasteiger partial charge in [-0.2, -0.15) is 0 Å². The molecule has 1 aliphatic heterocycles. The van der Waals surface area contributed by atoms with E-state index < -0.39 is 7.82 Å². The third-order valence-electron chi connectivity index (χ3n) is 5.13. The van der Waals surface area contributed by atoms with Crippen LogP contribution >= 0.6 is 7.82 Å². The minimum Gasteiger partial charge on any atom is -0.497 e. The molecule has 6 nitrogen and oxygen atoms in total. The Morgan fingerprint density at radius 3 is 1.33 bits per heavy atom. The molecule has 0 saturated heterocycles. The van der Waals surface area contributed by atoms with Crippen molar-refractivity contribution in [3.63, 3.8) is 0 Å². The Morgan fingerprint density at radius 1 is 0.700 bits per heavy atom. The predicted molar refractivity (Wildman–Crippen MR) is 118 cm³/mol. The molecule has 1 heterocycles. The molecule has 7 heteroatoms. The highest BCUT2D eigenvalue weighted by Gasteiger charge is 2.40. The molecule has 164 valence electrons. The topological polar surface area (TPSA) is 63.2 Å². The molecule has 3 rings (SSSR count). The summed E-state index contributed by atoms with van der Waals surface area (Å²) in [5.74, 6) is 2.26. The summed E-state index contributed by atoms with van der Waals surface area (Å²) in [5.41, 5.74) is 2.49. The van der Waals surface area contributed by atoms with Gasteiger partial charge >= 0.3 is 7.82 Å². The molecule has 0 atom stereocenters. The van der Waals surface area contributed by atoms with E-state index in [1.807, 2.05) is 24.3 Å². The van der Waals surface area contributed by atoms with Crippen molar-refractivity contribution >= 4 is 7.82 Å². The van der Waals surface area contributed by atoms with Crippen molar-refractivity contribution < 1.29 is 27.6 Å². The Morgan fingerprint density at radius 2 is 1.07 bits per heavy atom. The summed E-state index contributed by atoms with van der Waals surface area (Å²) in [5, 5.41) is 0. The summed E-state index contributed by atoms with van der Waals surface area (Å²) in [6.07, 6.45) is 0. The molecular weight excluding hydrogens is 403 g/mol. The van der Waals surface area contributed by atoms with Crippen LogP contribution in [0.25, 0.3) is 11.1 Å². The lowest BCUT2D eigenvalue weighted by molar-refractivity contribution is 0.249. The van der Waals surface area contributed by atoms with E-state index in [1.165, 1.54) is 7.11 Å². The van der Waals surface area contributed by atoms with Gasteiger partial charge in [0.1, 0.15) is 23.0 Å². The molecule has 0 fully saturated rings. The third kappa shape index (κ3) is 4.03. The summed E-state index contributed by atoms with van der Waals surface area (Å²) >= 11 is 0. The van der Waals surface area contributed by atoms with Crippen LogP contribution in [0.3, 0.4) is 0 Å². The second-order valence-corrected chi connectivity index (χ2v) is 11.0.